The number of hydrogen-bond donors (Lipinski definition) is 1. The highest BCUT2D eigenvalue weighted by Crippen LogP contribution is 2.32. The Morgan fingerprint density at radius 3 is 2.28 bits per heavy atom. The number of amides is 1. The topological polar surface area (TPSA) is 48.1 Å². The number of nitrogens with one attached hydrogen (secondary N) is 1. The average Bonchev–Trinajstić information content (AvgIpc) is 2.90. The van der Waals surface area contributed by atoms with Gasteiger partial charge in [-0.25, -0.2) is 4.31 Å². The molecule has 4 rings (SSSR count). The first kappa shape index (κ1) is 26.8. The third-order valence-corrected chi connectivity index (χ3v) is 8.78. The van der Waals surface area contributed by atoms with Crippen molar-refractivity contribution in [1.82, 2.24) is 9.21 Å². The van der Waals surface area contributed by atoms with E-state index < -0.39 is 0 Å². The van der Waals surface area contributed by atoms with Crippen molar-refractivity contribution in [3.63, 3.8) is 0 Å². The molecular weight excluding hydrogens is 468 g/mol. The molecule has 0 spiro atoms. The lowest BCUT2D eigenvalue weighted by molar-refractivity contribution is -0.116. The maximum absolute atomic E-state index is 12.6. The number of carbonyl (C=O) groups excluding carboxylic acids is 1. The highest BCUT2D eigenvalue weighted by atomic mass is 32.2. The summed E-state index contributed by atoms with van der Waals surface area (Å²) >= 11 is 1.68. The molecule has 2 fully saturated rings. The van der Waals surface area contributed by atoms with E-state index in [1.165, 1.54) is 66.9 Å². The number of nitrogens with zero attached hydrogens (tertiary/aromatic N) is 3. The van der Waals surface area contributed by atoms with Crippen molar-refractivity contribution in [3.05, 3.63) is 47.5 Å². The second kappa shape index (κ2) is 12.8. The van der Waals surface area contributed by atoms with E-state index in [1.807, 2.05) is 19.2 Å². The van der Waals surface area contributed by atoms with Crippen LogP contribution in [-0.4, -0.2) is 68.0 Å². The van der Waals surface area contributed by atoms with Gasteiger partial charge in [-0.15, -0.1) is 0 Å². The Morgan fingerprint density at radius 2 is 1.67 bits per heavy atom. The van der Waals surface area contributed by atoms with Crippen LogP contribution in [0.2, 0.25) is 0 Å². The van der Waals surface area contributed by atoms with Crippen LogP contribution in [0.15, 0.2) is 41.3 Å². The first-order chi connectivity index (χ1) is 17.4. The lowest BCUT2D eigenvalue weighted by atomic mass is 9.99. The molecule has 36 heavy (non-hydrogen) atoms. The van der Waals surface area contributed by atoms with E-state index in [2.05, 4.69) is 57.5 Å². The summed E-state index contributed by atoms with van der Waals surface area (Å²) in [5, 5.41) is 3.06. The second-order valence-corrected chi connectivity index (χ2v) is 11.4. The number of piperidine rings is 2. The fraction of sp³-hybridized carbons (Fsp3) is 0.552. The van der Waals surface area contributed by atoms with Gasteiger partial charge in [0.1, 0.15) is 5.75 Å². The van der Waals surface area contributed by atoms with Gasteiger partial charge in [-0.1, -0.05) is 6.42 Å². The van der Waals surface area contributed by atoms with Gasteiger partial charge in [0.05, 0.1) is 7.11 Å². The largest absolute Gasteiger partial charge is 0.497 e. The van der Waals surface area contributed by atoms with E-state index in [4.69, 9.17) is 4.74 Å². The second-order valence-electron chi connectivity index (χ2n) is 10.2. The molecule has 2 aromatic rings. The molecule has 0 aromatic heterocycles. The Labute approximate surface area is 221 Å². The van der Waals surface area contributed by atoms with Crippen LogP contribution >= 0.6 is 11.9 Å². The standard InChI is InChI=1S/C29H42N4O2S/c1-22-20-27(35-4)21-23(2)29(22)36-31(3)17-14-28(34)30-24-8-10-25(11-9-24)33-18-12-26(13-19-33)32-15-6-5-7-16-32/h8-11,20-21,26H,5-7,12-19H2,1-4H3,(H,30,34). The number of hydrogen-bond acceptors (Lipinski definition) is 6. The molecule has 0 unspecified atom stereocenters. The minimum absolute atomic E-state index is 0.0423. The summed E-state index contributed by atoms with van der Waals surface area (Å²) < 4.78 is 7.48. The minimum atomic E-state index is 0.0423. The first-order valence-corrected chi connectivity index (χ1v) is 14.1. The number of likely N-dealkylation sites (tertiary alicyclic amines) is 1. The van der Waals surface area contributed by atoms with Gasteiger partial charge in [0, 0.05) is 48.4 Å². The number of rotatable bonds is 9. The molecule has 0 aliphatic carbocycles. The number of benzene rings is 2. The Kier molecular flexibility index (Phi) is 9.57. The van der Waals surface area contributed by atoms with Crippen molar-refractivity contribution in [3.8, 4) is 5.75 Å². The van der Waals surface area contributed by atoms with Gasteiger partial charge in [-0.05, 0) is 119 Å². The van der Waals surface area contributed by atoms with Gasteiger partial charge in [-0.3, -0.25) is 4.79 Å². The van der Waals surface area contributed by atoms with Gasteiger partial charge >= 0.3 is 0 Å². The molecule has 0 atom stereocenters. The van der Waals surface area contributed by atoms with E-state index in [1.54, 1.807) is 19.1 Å². The zero-order chi connectivity index (χ0) is 25.5. The number of methoxy groups -OCH3 is 1. The van der Waals surface area contributed by atoms with E-state index >= 15 is 0 Å². The van der Waals surface area contributed by atoms with Crippen molar-refractivity contribution in [2.45, 2.75) is 63.3 Å². The molecule has 2 aliphatic rings. The summed E-state index contributed by atoms with van der Waals surface area (Å²) in [4.78, 5) is 19.0. The van der Waals surface area contributed by atoms with Gasteiger partial charge in [0.2, 0.25) is 5.91 Å². The Bertz CT molecular complexity index is 976. The fourth-order valence-electron chi connectivity index (χ4n) is 5.38. The van der Waals surface area contributed by atoms with Gasteiger partial charge < -0.3 is 19.9 Å². The van der Waals surface area contributed by atoms with Crippen LogP contribution in [0.4, 0.5) is 11.4 Å². The predicted octanol–water partition coefficient (Wildman–Crippen LogP) is 5.73. The van der Waals surface area contributed by atoms with Crippen molar-refractivity contribution >= 4 is 29.2 Å². The number of carbonyl (C=O) groups is 1. The Balaban J connectivity index is 1.20. The highest BCUT2D eigenvalue weighted by Gasteiger charge is 2.25. The van der Waals surface area contributed by atoms with E-state index in [9.17, 15) is 4.79 Å². The quantitative estimate of drug-likeness (QED) is 0.435. The van der Waals surface area contributed by atoms with Crippen molar-refractivity contribution < 1.29 is 9.53 Å². The lowest BCUT2D eigenvalue weighted by Gasteiger charge is -2.41. The van der Waals surface area contributed by atoms with E-state index in [0.717, 1.165) is 30.6 Å². The molecule has 196 valence electrons. The number of anilines is 2. The lowest BCUT2D eigenvalue weighted by Crippen LogP contribution is -2.46. The molecule has 7 heteroatoms. The summed E-state index contributed by atoms with van der Waals surface area (Å²) in [6.07, 6.45) is 7.08. The molecular formula is C29H42N4O2S. The molecule has 2 aliphatic heterocycles. The maximum atomic E-state index is 12.6. The summed E-state index contributed by atoms with van der Waals surface area (Å²) in [5.74, 6) is 0.921. The first-order valence-electron chi connectivity index (χ1n) is 13.4. The van der Waals surface area contributed by atoms with Crippen molar-refractivity contribution in [2.24, 2.45) is 0 Å². The zero-order valence-electron chi connectivity index (χ0n) is 22.4. The van der Waals surface area contributed by atoms with Gasteiger partial charge in [-0.2, -0.15) is 0 Å². The van der Waals surface area contributed by atoms with Gasteiger partial charge in [0.15, 0.2) is 0 Å². The molecule has 0 bridgehead atoms. The molecule has 6 nitrogen and oxygen atoms in total. The average molecular weight is 511 g/mol. The molecule has 2 saturated heterocycles. The highest BCUT2D eigenvalue weighted by molar-refractivity contribution is 7.97. The third-order valence-electron chi connectivity index (χ3n) is 7.46. The number of ether oxygens (including phenoxy) is 1. The normalized spacial score (nSPS) is 17.4. The number of aryl methyl sites for hydroxylation is 2. The van der Waals surface area contributed by atoms with Crippen LogP contribution in [0.5, 0.6) is 5.75 Å². The maximum Gasteiger partial charge on any atom is 0.225 e. The molecule has 0 saturated carbocycles. The van der Waals surface area contributed by atoms with Crippen LogP contribution in [0.3, 0.4) is 0 Å². The molecule has 0 radical (unpaired) electrons. The summed E-state index contributed by atoms with van der Waals surface area (Å²) in [7, 11) is 3.72. The Hall–Kier alpha value is -2.22. The van der Waals surface area contributed by atoms with Crippen molar-refractivity contribution in [1.29, 1.82) is 0 Å². The minimum Gasteiger partial charge on any atom is -0.497 e. The summed E-state index contributed by atoms with van der Waals surface area (Å²) in [6.45, 7) is 9.67. The molecule has 1 N–H and O–H groups in total. The smallest absolute Gasteiger partial charge is 0.225 e. The van der Waals surface area contributed by atoms with Crippen LogP contribution in [0.1, 0.15) is 49.7 Å². The summed E-state index contributed by atoms with van der Waals surface area (Å²) in [5.41, 5.74) is 4.49. The van der Waals surface area contributed by atoms with E-state index in [0.29, 0.717) is 13.0 Å². The SMILES string of the molecule is COc1cc(C)c(SN(C)CCC(=O)Nc2ccc(N3CCC(N4CCCCC4)CC3)cc2)c(C)c1. The van der Waals surface area contributed by atoms with Crippen LogP contribution in [-0.2, 0) is 4.79 Å². The van der Waals surface area contributed by atoms with Crippen molar-refractivity contribution in [2.75, 3.05) is 57.1 Å². The van der Waals surface area contributed by atoms with Crippen LogP contribution in [0, 0.1) is 13.8 Å². The van der Waals surface area contributed by atoms with E-state index in [-0.39, 0.29) is 5.91 Å². The molecule has 2 aromatic carbocycles. The van der Waals surface area contributed by atoms with Gasteiger partial charge in [0.25, 0.3) is 0 Å². The Morgan fingerprint density at radius 1 is 1.03 bits per heavy atom. The van der Waals surface area contributed by atoms with Crippen LogP contribution in [0.25, 0.3) is 0 Å². The summed E-state index contributed by atoms with van der Waals surface area (Å²) in [6, 6.07) is 13.2. The molecule has 1 amide bonds. The fourth-order valence-corrected chi connectivity index (χ4v) is 6.28. The third kappa shape index (κ3) is 7.17. The zero-order valence-corrected chi connectivity index (χ0v) is 23.2. The molecule has 2 heterocycles. The predicted molar refractivity (Wildman–Crippen MR) is 151 cm³/mol. The monoisotopic (exact) mass is 510 g/mol. The van der Waals surface area contributed by atoms with Crippen LogP contribution < -0.4 is 15.0 Å².